The second-order valence-corrected chi connectivity index (χ2v) is 12.1. The number of benzene rings is 1. The lowest BCUT2D eigenvalue weighted by Crippen LogP contribution is -2.53. The quantitative estimate of drug-likeness (QED) is 0.594. The molecule has 0 amide bonds. The van der Waals surface area contributed by atoms with E-state index in [4.69, 9.17) is 4.74 Å². The Bertz CT molecular complexity index is 475. The third-order valence-corrected chi connectivity index (χ3v) is 6.96. The summed E-state index contributed by atoms with van der Waals surface area (Å²) in [6.45, 7) is 8.26. The third kappa shape index (κ3) is 4.95. The molecular weight excluding hydrogens is 290 g/mol. The number of nitrogens with zero attached hydrogens (tertiary/aromatic N) is 1. The van der Waals surface area contributed by atoms with E-state index in [1.807, 2.05) is 6.92 Å². The molecule has 1 aromatic carbocycles. The van der Waals surface area contributed by atoms with Crippen LogP contribution in [0.15, 0.2) is 30.3 Å². The molecule has 4 heteroatoms. The van der Waals surface area contributed by atoms with Gasteiger partial charge in [0.2, 0.25) is 0 Å². The van der Waals surface area contributed by atoms with Crippen LogP contribution in [0.3, 0.4) is 0 Å². The molecule has 1 aliphatic heterocycles. The Morgan fingerprint density at radius 1 is 1.27 bits per heavy atom. The molecule has 0 saturated carbocycles. The van der Waals surface area contributed by atoms with Gasteiger partial charge < -0.3 is 4.74 Å². The highest BCUT2D eigenvalue weighted by atomic mass is 28.3. The summed E-state index contributed by atoms with van der Waals surface area (Å²) in [4.78, 5) is 14.6. The van der Waals surface area contributed by atoms with Crippen molar-refractivity contribution in [1.82, 2.24) is 4.90 Å². The van der Waals surface area contributed by atoms with E-state index >= 15 is 0 Å². The highest BCUT2D eigenvalue weighted by molar-refractivity contribution is 6.77. The van der Waals surface area contributed by atoms with Gasteiger partial charge in [0.1, 0.15) is 6.04 Å². The number of carbonyl (C=O) groups is 1. The number of rotatable bonds is 6. The van der Waals surface area contributed by atoms with E-state index in [0.717, 1.165) is 25.6 Å². The molecule has 1 aromatic rings. The Hall–Kier alpha value is -1.13. The Balaban J connectivity index is 2.00. The van der Waals surface area contributed by atoms with E-state index in [9.17, 15) is 4.79 Å². The summed E-state index contributed by atoms with van der Waals surface area (Å²) in [5, 5.41) is 0. The van der Waals surface area contributed by atoms with Crippen LogP contribution in [0.2, 0.25) is 13.1 Å². The van der Waals surface area contributed by atoms with Crippen molar-refractivity contribution in [1.29, 1.82) is 0 Å². The molecular formula is C18H29NO2Si. The fourth-order valence-electron chi connectivity index (χ4n) is 3.44. The maximum atomic E-state index is 12.2. The van der Waals surface area contributed by atoms with Crippen LogP contribution in [0.5, 0.6) is 0 Å². The number of hydrogen-bond donors (Lipinski definition) is 0. The minimum Gasteiger partial charge on any atom is -0.465 e. The van der Waals surface area contributed by atoms with E-state index in [0.29, 0.717) is 6.61 Å². The van der Waals surface area contributed by atoms with Gasteiger partial charge in [0.25, 0.3) is 0 Å². The van der Waals surface area contributed by atoms with Crippen LogP contribution in [0.1, 0.15) is 31.7 Å². The largest absolute Gasteiger partial charge is 0.465 e. The van der Waals surface area contributed by atoms with Crippen LogP contribution < -0.4 is 0 Å². The van der Waals surface area contributed by atoms with Crippen molar-refractivity contribution in [2.24, 2.45) is 0 Å². The second-order valence-electron chi connectivity index (χ2n) is 7.06. The number of esters is 1. The van der Waals surface area contributed by atoms with Gasteiger partial charge >= 0.3 is 5.97 Å². The van der Waals surface area contributed by atoms with Gasteiger partial charge in [-0.3, -0.25) is 9.69 Å². The van der Waals surface area contributed by atoms with E-state index in [1.54, 1.807) is 0 Å². The molecule has 0 aliphatic carbocycles. The minimum atomic E-state index is -1.42. The average molecular weight is 320 g/mol. The molecule has 1 fully saturated rings. The van der Waals surface area contributed by atoms with Crippen molar-refractivity contribution in [3.8, 4) is 0 Å². The molecule has 3 nitrogen and oxygen atoms in total. The van der Waals surface area contributed by atoms with Crippen LogP contribution in [-0.2, 0) is 15.6 Å². The molecule has 1 unspecified atom stereocenters. The highest BCUT2D eigenvalue weighted by Gasteiger charge is 2.34. The Labute approximate surface area is 135 Å². The normalized spacial score (nSPS) is 19.9. The molecule has 122 valence electrons. The van der Waals surface area contributed by atoms with Crippen molar-refractivity contribution >= 4 is 14.0 Å². The maximum Gasteiger partial charge on any atom is 0.323 e. The first-order chi connectivity index (χ1) is 10.5. The zero-order chi connectivity index (χ0) is 16.0. The zero-order valence-electron chi connectivity index (χ0n) is 14.2. The lowest BCUT2D eigenvalue weighted by atomic mass is 10.0. The van der Waals surface area contributed by atoms with Gasteiger partial charge in [-0.05, 0) is 38.5 Å². The molecule has 0 spiro atoms. The summed E-state index contributed by atoms with van der Waals surface area (Å²) in [6.07, 6.45) is 4.37. The van der Waals surface area contributed by atoms with Crippen molar-refractivity contribution < 1.29 is 9.53 Å². The summed E-state index contributed by atoms with van der Waals surface area (Å²) in [5.74, 6) is -0.0216. The third-order valence-electron chi connectivity index (χ3n) is 4.33. The monoisotopic (exact) mass is 319 g/mol. The molecule has 0 N–H and O–H groups in total. The molecule has 0 radical (unpaired) electrons. The summed E-state index contributed by atoms with van der Waals surface area (Å²) in [6, 6.07) is 11.9. The number of hydrogen-bond acceptors (Lipinski definition) is 3. The standard InChI is InChI=1S/C18H29NO2Si/c1-4-21-18(20)17-12-8-9-13-19(17)15-22(2,3)14-16-10-6-5-7-11-16/h5-7,10-11,17H,4,8-9,12-15H2,1-3H3. The SMILES string of the molecule is CCOC(=O)C1CCCCN1C[Si](C)(C)Cc1ccccc1. The maximum absolute atomic E-state index is 12.2. The lowest BCUT2D eigenvalue weighted by Gasteiger charge is -2.38. The molecule has 2 rings (SSSR count). The molecule has 22 heavy (non-hydrogen) atoms. The van der Waals surface area contributed by atoms with Gasteiger partial charge in [-0.25, -0.2) is 0 Å². The summed E-state index contributed by atoms with van der Waals surface area (Å²) in [7, 11) is -1.42. The minimum absolute atomic E-state index is 0.0174. The van der Waals surface area contributed by atoms with E-state index in [1.165, 1.54) is 18.0 Å². The van der Waals surface area contributed by atoms with Gasteiger partial charge in [0.05, 0.1) is 14.7 Å². The molecule has 1 heterocycles. The van der Waals surface area contributed by atoms with E-state index < -0.39 is 8.07 Å². The van der Waals surface area contributed by atoms with Gasteiger partial charge in [0, 0.05) is 0 Å². The van der Waals surface area contributed by atoms with Crippen LogP contribution in [0.25, 0.3) is 0 Å². The average Bonchev–Trinajstić information content (AvgIpc) is 2.48. The predicted molar refractivity (Wildman–Crippen MR) is 93.5 cm³/mol. The zero-order valence-corrected chi connectivity index (χ0v) is 15.2. The van der Waals surface area contributed by atoms with Crippen molar-refractivity contribution in [3.05, 3.63) is 35.9 Å². The Morgan fingerprint density at radius 2 is 2.00 bits per heavy atom. The smallest absolute Gasteiger partial charge is 0.323 e. The Morgan fingerprint density at radius 3 is 2.68 bits per heavy atom. The first-order valence-corrected chi connectivity index (χ1v) is 11.9. The number of piperidine rings is 1. The number of ether oxygens (including phenoxy) is 1. The van der Waals surface area contributed by atoms with Crippen molar-refractivity contribution in [2.45, 2.75) is 51.4 Å². The molecule has 0 aromatic heterocycles. The van der Waals surface area contributed by atoms with Crippen molar-refractivity contribution in [2.75, 3.05) is 19.3 Å². The fraction of sp³-hybridized carbons (Fsp3) is 0.611. The van der Waals surface area contributed by atoms with Gasteiger partial charge in [-0.2, -0.15) is 0 Å². The summed E-state index contributed by atoms with van der Waals surface area (Å²) < 4.78 is 5.28. The van der Waals surface area contributed by atoms with Crippen LogP contribution in [-0.4, -0.2) is 44.3 Å². The molecule has 1 aliphatic rings. The molecule has 0 bridgehead atoms. The van der Waals surface area contributed by atoms with E-state index in [-0.39, 0.29) is 12.0 Å². The number of likely N-dealkylation sites (tertiary alicyclic amines) is 1. The topological polar surface area (TPSA) is 29.5 Å². The first-order valence-electron chi connectivity index (χ1n) is 8.46. The lowest BCUT2D eigenvalue weighted by molar-refractivity contribution is -0.150. The van der Waals surface area contributed by atoms with Crippen molar-refractivity contribution in [3.63, 3.8) is 0 Å². The molecule has 1 atom stereocenters. The second kappa shape index (κ2) is 7.93. The van der Waals surface area contributed by atoms with Gasteiger partial charge in [-0.1, -0.05) is 55.4 Å². The summed E-state index contributed by atoms with van der Waals surface area (Å²) >= 11 is 0. The van der Waals surface area contributed by atoms with Crippen LogP contribution in [0, 0.1) is 0 Å². The van der Waals surface area contributed by atoms with Gasteiger partial charge in [-0.15, -0.1) is 0 Å². The predicted octanol–water partition coefficient (Wildman–Crippen LogP) is 3.43. The van der Waals surface area contributed by atoms with E-state index in [2.05, 4.69) is 48.3 Å². The van der Waals surface area contributed by atoms with Crippen LogP contribution >= 0.6 is 0 Å². The highest BCUT2D eigenvalue weighted by Crippen LogP contribution is 2.22. The van der Waals surface area contributed by atoms with Gasteiger partial charge in [0.15, 0.2) is 0 Å². The van der Waals surface area contributed by atoms with Crippen LogP contribution in [0.4, 0.5) is 0 Å². The fourth-order valence-corrected chi connectivity index (χ4v) is 6.37. The number of carbonyl (C=O) groups excluding carboxylic acids is 1. The molecule has 1 saturated heterocycles. The summed E-state index contributed by atoms with van der Waals surface area (Å²) in [5.41, 5.74) is 1.42. The Kier molecular flexibility index (Phi) is 6.21. The first kappa shape index (κ1) is 17.2.